The van der Waals surface area contributed by atoms with Gasteiger partial charge in [-0.2, -0.15) is 0 Å². The van der Waals surface area contributed by atoms with Crippen molar-refractivity contribution in [1.29, 1.82) is 0 Å². The molecule has 0 unspecified atom stereocenters. The van der Waals surface area contributed by atoms with Crippen molar-refractivity contribution < 1.29 is 25.2 Å². The predicted octanol–water partition coefficient (Wildman–Crippen LogP) is 1.48. The topological polar surface area (TPSA) is 101 Å². The van der Waals surface area contributed by atoms with Crippen LogP contribution in [0.5, 0.6) is 5.75 Å². The lowest BCUT2D eigenvalue weighted by Gasteiger charge is -2.45. The molecule has 136 valence electrons. The Morgan fingerprint density at radius 1 is 1.33 bits per heavy atom. The Balaban J connectivity index is 0.000000891. The number of aliphatic hydroxyl groups excluding tert-OH is 2. The first kappa shape index (κ1) is 20.4. The maximum absolute atomic E-state index is 10.3. The second-order valence-corrected chi connectivity index (χ2v) is 6.37. The molecule has 1 heterocycles. The molecule has 0 bridgehead atoms. The van der Waals surface area contributed by atoms with Crippen molar-refractivity contribution in [1.82, 2.24) is 4.90 Å². The van der Waals surface area contributed by atoms with E-state index in [-0.39, 0.29) is 18.5 Å². The molecule has 1 aromatic carbocycles. The summed E-state index contributed by atoms with van der Waals surface area (Å²) in [5.74, 6) is 0.294. The minimum atomic E-state index is -0.396. The van der Waals surface area contributed by atoms with Crippen molar-refractivity contribution in [2.45, 2.75) is 38.7 Å². The van der Waals surface area contributed by atoms with Gasteiger partial charge in [0, 0.05) is 25.0 Å². The van der Waals surface area contributed by atoms with Crippen molar-refractivity contribution in [2.75, 3.05) is 26.2 Å². The van der Waals surface area contributed by atoms with Crippen molar-refractivity contribution in [3.63, 3.8) is 0 Å². The molecule has 1 saturated heterocycles. The van der Waals surface area contributed by atoms with E-state index >= 15 is 0 Å². The highest BCUT2D eigenvalue weighted by molar-refractivity contribution is 5.32. The molecule has 0 saturated carbocycles. The van der Waals surface area contributed by atoms with Gasteiger partial charge in [-0.25, -0.2) is 0 Å². The van der Waals surface area contributed by atoms with Gasteiger partial charge in [-0.1, -0.05) is 25.5 Å². The minimum Gasteiger partial charge on any atom is -0.508 e. The van der Waals surface area contributed by atoms with Crippen LogP contribution in [0.3, 0.4) is 0 Å². The zero-order valence-electron chi connectivity index (χ0n) is 14.3. The Kier molecular flexibility index (Phi) is 8.74. The maximum Gasteiger partial charge on any atom is 0.290 e. The van der Waals surface area contributed by atoms with Crippen LogP contribution >= 0.6 is 0 Å². The van der Waals surface area contributed by atoms with Crippen molar-refractivity contribution in [3.8, 4) is 5.75 Å². The third-order valence-corrected chi connectivity index (χ3v) is 4.68. The van der Waals surface area contributed by atoms with Gasteiger partial charge in [0.1, 0.15) is 5.75 Å². The van der Waals surface area contributed by atoms with Gasteiger partial charge in [-0.05, 0) is 37.0 Å². The zero-order chi connectivity index (χ0) is 18.0. The fraction of sp³-hybridized carbons (Fsp3) is 0.611. The number of nitrogens with zero attached hydrogens (tertiary/aromatic N) is 1. The van der Waals surface area contributed by atoms with Crippen molar-refractivity contribution in [3.05, 3.63) is 29.8 Å². The zero-order valence-corrected chi connectivity index (χ0v) is 14.3. The molecule has 6 heteroatoms. The first-order valence-corrected chi connectivity index (χ1v) is 8.38. The number of carbonyl (C=O) groups is 1. The molecular formula is C18H29NO5. The SMILES string of the molecule is CCC[C@]1(CO)CN(CCc2ccc(O)cc2)CC[C@H]1O.O=CO. The van der Waals surface area contributed by atoms with Gasteiger partial charge in [-0.3, -0.25) is 4.79 Å². The van der Waals surface area contributed by atoms with Crippen LogP contribution in [0.1, 0.15) is 31.7 Å². The van der Waals surface area contributed by atoms with E-state index in [2.05, 4.69) is 11.8 Å². The molecule has 0 aromatic heterocycles. The van der Waals surface area contributed by atoms with E-state index in [0.717, 1.165) is 45.3 Å². The van der Waals surface area contributed by atoms with E-state index in [1.807, 2.05) is 12.1 Å². The molecule has 0 aliphatic carbocycles. The van der Waals surface area contributed by atoms with Gasteiger partial charge in [0.2, 0.25) is 0 Å². The van der Waals surface area contributed by atoms with Crippen molar-refractivity contribution >= 4 is 6.47 Å². The molecule has 0 spiro atoms. The molecule has 1 aliphatic rings. The van der Waals surface area contributed by atoms with Crippen LogP contribution in [-0.2, 0) is 11.2 Å². The summed E-state index contributed by atoms with van der Waals surface area (Å²) in [6, 6.07) is 7.31. The Bertz CT molecular complexity index is 479. The molecular weight excluding hydrogens is 310 g/mol. The molecule has 4 N–H and O–H groups in total. The molecule has 2 atom stereocenters. The number of hydrogen-bond donors (Lipinski definition) is 4. The molecule has 0 radical (unpaired) electrons. The summed E-state index contributed by atoms with van der Waals surface area (Å²) in [4.78, 5) is 10.7. The quantitative estimate of drug-likeness (QED) is 0.586. The third-order valence-electron chi connectivity index (χ3n) is 4.68. The summed E-state index contributed by atoms with van der Waals surface area (Å²) >= 11 is 0. The van der Waals surface area contributed by atoms with Crippen LogP contribution in [0.2, 0.25) is 0 Å². The standard InChI is InChI=1S/C17H27NO3.CH2O2/c1-2-9-17(13-19)12-18(11-8-16(17)21)10-7-14-3-5-15(20)6-4-14;2-1-3/h3-6,16,19-21H,2,7-13H2,1H3;1H,(H,2,3)/t16-,17-;/m1./s1. The van der Waals surface area contributed by atoms with Gasteiger partial charge in [-0.15, -0.1) is 0 Å². The van der Waals surface area contributed by atoms with Crippen LogP contribution < -0.4 is 0 Å². The highest BCUT2D eigenvalue weighted by atomic mass is 16.3. The lowest BCUT2D eigenvalue weighted by atomic mass is 9.74. The van der Waals surface area contributed by atoms with Crippen LogP contribution in [0, 0.1) is 5.41 Å². The molecule has 1 aromatic rings. The molecule has 1 fully saturated rings. The average Bonchev–Trinajstić information content (AvgIpc) is 2.58. The Morgan fingerprint density at radius 2 is 1.96 bits per heavy atom. The average molecular weight is 339 g/mol. The smallest absolute Gasteiger partial charge is 0.290 e. The Labute approximate surface area is 143 Å². The number of phenols is 1. The van der Waals surface area contributed by atoms with Gasteiger partial charge in [0.05, 0.1) is 12.7 Å². The van der Waals surface area contributed by atoms with E-state index in [1.165, 1.54) is 5.56 Å². The summed E-state index contributed by atoms with van der Waals surface area (Å²) in [6.45, 7) is 4.46. The summed E-state index contributed by atoms with van der Waals surface area (Å²) in [6.07, 6.45) is 3.09. The largest absolute Gasteiger partial charge is 0.508 e. The monoisotopic (exact) mass is 339 g/mol. The van der Waals surface area contributed by atoms with Crippen LogP contribution in [0.15, 0.2) is 24.3 Å². The van der Waals surface area contributed by atoms with Crippen molar-refractivity contribution in [2.24, 2.45) is 5.41 Å². The lowest BCUT2D eigenvalue weighted by Crippen LogP contribution is -2.54. The second kappa shape index (κ2) is 10.3. The molecule has 24 heavy (non-hydrogen) atoms. The van der Waals surface area contributed by atoms with Gasteiger partial charge < -0.3 is 25.3 Å². The highest BCUT2D eigenvalue weighted by Crippen LogP contribution is 2.34. The van der Waals surface area contributed by atoms with Crippen LogP contribution in [-0.4, -0.2) is 64.1 Å². The van der Waals surface area contributed by atoms with E-state index in [1.54, 1.807) is 12.1 Å². The number of phenolic OH excluding ortho intramolecular Hbond substituents is 1. The molecule has 6 nitrogen and oxygen atoms in total. The number of likely N-dealkylation sites (tertiary alicyclic amines) is 1. The first-order valence-electron chi connectivity index (χ1n) is 8.38. The molecule has 1 aliphatic heterocycles. The fourth-order valence-corrected chi connectivity index (χ4v) is 3.36. The Hall–Kier alpha value is -1.63. The maximum atomic E-state index is 10.3. The molecule has 2 rings (SSSR count). The summed E-state index contributed by atoms with van der Waals surface area (Å²) < 4.78 is 0. The van der Waals surface area contributed by atoms with E-state index in [9.17, 15) is 15.3 Å². The summed E-state index contributed by atoms with van der Waals surface area (Å²) in [5.41, 5.74) is 0.839. The number of aliphatic hydroxyl groups is 2. The van der Waals surface area contributed by atoms with E-state index in [0.29, 0.717) is 5.75 Å². The summed E-state index contributed by atoms with van der Waals surface area (Å²) in [7, 11) is 0. The van der Waals surface area contributed by atoms with Crippen LogP contribution in [0.25, 0.3) is 0 Å². The second-order valence-electron chi connectivity index (χ2n) is 6.37. The number of hydrogen-bond acceptors (Lipinski definition) is 5. The number of rotatable bonds is 6. The van der Waals surface area contributed by atoms with Gasteiger partial charge in [0.15, 0.2) is 0 Å². The Morgan fingerprint density at radius 3 is 2.50 bits per heavy atom. The van der Waals surface area contributed by atoms with Gasteiger partial charge in [0.25, 0.3) is 6.47 Å². The number of benzene rings is 1. The van der Waals surface area contributed by atoms with E-state index in [4.69, 9.17) is 9.90 Å². The lowest BCUT2D eigenvalue weighted by molar-refractivity contribution is -0.122. The number of piperidine rings is 1. The minimum absolute atomic E-state index is 0.0533. The van der Waals surface area contributed by atoms with Gasteiger partial charge >= 0.3 is 0 Å². The van der Waals surface area contributed by atoms with E-state index < -0.39 is 6.10 Å². The van der Waals surface area contributed by atoms with Crippen LogP contribution in [0.4, 0.5) is 0 Å². The number of aromatic hydroxyl groups is 1. The fourth-order valence-electron chi connectivity index (χ4n) is 3.36. The normalized spacial score (nSPS) is 24.0. The first-order chi connectivity index (χ1) is 11.5. The number of carboxylic acid groups (broad SMARTS) is 1. The predicted molar refractivity (Wildman–Crippen MR) is 92.0 cm³/mol. The molecule has 0 amide bonds. The highest BCUT2D eigenvalue weighted by Gasteiger charge is 2.41. The third kappa shape index (κ3) is 5.78. The summed E-state index contributed by atoms with van der Waals surface area (Å²) in [5, 5.41) is 36.2.